The third kappa shape index (κ3) is 12.0. The van der Waals surface area contributed by atoms with Crippen molar-refractivity contribution in [1.82, 2.24) is 16.0 Å². The first-order valence-electron chi connectivity index (χ1n) is 9.40. The van der Waals surface area contributed by atoms with E-state index >= 15 is 0 Å². The number of nitrogens with zero attached hydrogens (tertiary/aromatic N) is 1. The summed E-state index contributed by atoms with van der Waals surface area (Å²) in [6.07, 6.45) is 0.377. The van der Waals surface area contributed by atoms with Crippen LogP contribution in [0.5, 0.6) is 0 Å². The second-order valence-corrected chi connectivity index (χ2v) is 7.11. The van der Waals surface area contributed by atoms with E-state index in [-0.39, 0.29) is 24.0 Å². The molecule has 0 heterocycles. The van der Waals surface area contributed by atoms with Crippen molar-refractivity contribution in [3.63, 3.8) is 0 Å². The largest absolute Gasteiger partial charge is 0.444 e. The molecule has 0 unspecified atom stereocenters. The lowest BCUT2D eigenvalue weighted by molar-refractivity contribution is 0.0527. The molecule has 1 rings (SSSR count). The van der Waals surface area contributed by atoms with Gasteiger partial charge >= 0.3 is 6.09 Å². The number of halogens is 1. The van der Waals surface area contributed by atoms with Crippen LogP contribution in [0.2, 0.25) is 0 Å². The van der Waals surface area contributed by atoms with Crippen LogP contribution in [0.1, 0.15) is 45.2 Å². The molecule has 0 fully saturated rings. The highest BCUT2D eigenvalue weighted by molar-refractivity contribution is 14.0. The third-order valence-electron chi connectivity index (χ3n) is 3.48. The van der Waals surface area contributed by atoms with Crippen LogP contribution in [0, 0.1) is 0 Å². The summed E-state index contributed by atoms with van der Waals surface area (Å²) < 4.78 is 10.4. The van der Waals surface area contributed by atoms with E-state index in [0.717, 1.165) is 30.1 Å². The van der Waals surface area contributed by atoms with E-state index in [2.05, 4.69) is 33.1 Å². The number of hydrogen-bond acceptors (Lipinski definition) is 4. The summed E-state index contributed by atoms with van der Waals surface area (Å²) in [6, 6.07) is 8.12. The van der Waals surface area contributed by atoms with Crippen molar-refractivity contribution in [3.05, 3.63) is 35.4 Å². The van der Waals surface area contributed by atoms with E-state index in [9.17, 15) is 4.79 Å². The molecule has 0 radical (unpaired) electrons. The van der Waals surface area contributed by atoms with Gasteiger partial charge in [0.25, 0.3) is 0 Å². The second-order valence-electron chi connectivity index (χ2n) is 7.11. The fourth-order valence-electron chi connectivity index (χ4n) is 2.31. The Morgan fingerprint density at radius 3 is 2.32 bits per heavy atom. The molecular formula is C20H35IN4O3. The molecule has 0 aliphatic heterocycles. The van der Waals surface area contributed by atoms with Gasteiger partial charge < -0.3 is 25.4 Å². The SMILES string of the molecule is CCNC(=NCc1ccccc1COC)NCCCNC(=O)OC(C)(C)C.I. The van der Waals surface area contributed by atoms with Crippen LogP contribution in [-0.4, -0.2) is 44.4 Å². The number of amides is 1. The molecule has 8 heteroatoms. The lowest BCUT2D eigenvalue weighted by Crippen LogP contribution is -2.39. The van der Waals surface area contributed by atoms with Crippen LogP contribution < -0.4 is 16.0 Å². The Hall–Kier alpha value is -1.55. The maximum Gasteiger partial charge on any atom is 0.407 e. The summed E-state index contributed by atoms with van der Waals surface area (Å²) >= 11 is 0. The molecule has 1 aromatic carbocycles. The first-order valence-corrected chi connectivity index (χ1v) is 9.40. The Labute approximate surface area is 186 Å². The molecule has 0 aliphatic carbocycles. The van der Waals surface area contributed by atoms with Gasteiger partial charge in [-0.3, -0.25) is 0 Å². The van der Waals surface area contributed by atoms with Crippen molar-refractivity contribution in [3.8, 4) is 0 Å². The van der Waals surface area contributed by atoms with Gasteiger partial charge in [-0.15, -0.1) is 24.0 Å². The first kappa shape index (κ1) is 26.4. The van der Waals surface area contributed by atoms with Crippen LogP contribution >= 0.6 is 24.0 Å². The van der Waals surface area contributed by atoms with E-state index in [1.165, 1.54) is 0 Å². The summed E-state index contributed by atoms with van der Waals surface area (Å²) in [5.41, 5.74) is 1.80. The number of rotatable bonds is 9. The summed E-state index contributed by atoms with van der Waals surface area (Å²) in [5.74, 6) is 0.752. The van der Waals surface area contributed by atoms with Crippen LogP contribution in [0.3, 0.4) is 0 Å². The maximum atomic E-state index is 11.6. The lowest BCUT2D eigenvalue weighted by atomic mass is 10.1. The number of ether oxygens (including phenoxy) is 2. The van der Waals surface area contributed by atoms with Crippen molar-refractivity contribution in [1.29, 1.82) is 0 Å². The van der Waals surface area contributed by atoms with Crippen LogP contribution in [0.25, 0.3) is 0 Å². The van der Waals surface area contributed by atoms with E-state index < -0.39 is 11.7 Å². The molecule has 28 heavy (non-hydrogen) atoms. The molecule has 0 saturated heterocycles. The molecule has 0 bridgehead atoms. The molecule has 0 atom stereocenters. The summed E-state index contributed by atoms with van der Waals surface area (Å²) in [6.45, 7) is 10.7. The minimum Gasteiger partial charge on any atom is -0.444 e. The van der Waals surface area contributed by atoms with Gasteiger partial charge in [-0.1, -0.05) is 24.3 Å². The van der Waals surface area contributed by atoms with Gasteiger partial charge in [-0.2, -0.15) is 0 Å². The number of hydrogen-bond donors (Lipinski definition) is 3. The lowest BCUT2D eigenvalue weighted by Gasteiger charge is -2.19. The van der Waals surface area contributed by atoms with Crippen molar-refractivity contribution in [2.45, 2.75) is 52.9 Å². The minimum absolute atomic E-state index is 0. The molecule has 1 aromatic rings. The predicted octanol–water partition coefficient (Wildman–Crippen LogP) is 3.42. The predicted molar refractivity (Wildman–Crippen MR) is 124 cm³/mol. The van der Waals surface area contributed by atoms with E-state index in [1.54, 1.807) is 7.11 Å². The molecule has 3 N–H and O–H groups in total. The van der Waals surface area contributed by atoms with E-state index in [4.69, 9.17) is 9.47 Å². The van der Waals surface area contributed by atoms with Crippen molar-refractivity contribution in [2.24, 2.45) is 4.99 Å². The van der Waals surface area contributed by atoms with Crippen LogP contribution in [-0.2, 0) is 22.6 Å². The zero-order valence-electron chi connectivity index (χ0n) is 17.6. The molecule has 0 spiro atoms. The number of alkyl carbamates (subject to hydrolysis) is 1. The number of carbonyl (C=O) groups is 1. The van der Waals surface area contributed by atoms with Gasteiger partial charge in [0, 0.05) is 26.7 Å². The highest BCUT2D eigenvalue weighted by Gasteiger charge is 2.15. The van der Waals surface area contributed by atoms with Gasteiger partial charge in [0.15, 0.2) is 5.96 Å². The number of carbonyl (C=O) groups excluding carboxylic acids is 1. The Balaban J connectivity index is 0.00000729. The molecule has 1 amide bonds. The number of benzene rings is 1. The summed E-state index contributed by atoms with van der Waals surface area (Å²) in [7, 11) is 1.69. The van der Waals surface area contributed by atoms with Crippen molar-refractivity contribution in [2.75, 3.05) is 26.7 Å². The van der Waals surface area contributed by atoms with E-state index in [0.29, 0.717) is 26.2 Å². The van der Waals surface area contributed by atoms with E-state index in [1.807, 2.05) is 39.8 Å². The Bertz CT molecular complexity index is 603. The number of aliphatic imine (C=N–C) groups is 1. The molecule has 0 aromatic heterocycles. The highest BCUT2D eigenvalue weighted by Crippen LogP contribution is 2.11. The van der Waals surface area contributed by atoms with Crippen molar-refractivity contribution < 1.29 is 14.3 Å². The fourth-order valence-corrected chi connectivity index (χ4v) is 2.31. The average Bonchev–Trinajstić information content (AvgIpc) is 2.59. The van der Waals surface area contributed by atoms with Gasteiger partial charge in [-0.25, -0.2) is 9.79 Å². The monoisotopic (exact) mass is 506 g/mol. The quantitative estimate of drug-likeness (QED) is 0.207. The third-order valence-corrected chi connectivity index (χ3v) is 3.48. The second kappa shape index (κ2) is 14.4. The van der Waals surface area contributed by atoms with Gasteiger partial charge in [0.1, 0.15) is 5.60 Å². The average molecular weight is 506 g/mol. The Kier molecular flexibility index (Phi) is 13.6. The molecule has 0 saturated carbocycles. The van der Waals surface area contributed by atoms with Gasteiger partial charge in [0.05, 0.1) is 13.2 Å². The van der Waals surface area contributed by atoms with Crippen LogP contribution in [0.15, 0.2) is 29.3 Å². The zero-order valence-corrected chi connectivity index (χ0v) is 20.0. The summed E-state index contributed by atoms with van der Waals surface area (Å²) in [4.78, 5) is 16.2. The van der Waals surface area contributed by atoms with Crippen LogP contribution in [0.4, 0.5) is 4.79 Å². The number of guanidine groups is 1. The Morgan fingerprint density at radius 1 is 1.07 bits per heavy atom. The highest BCUT2D eigenvalue weighted by atomic mass is 127. The van der Waals surface area contributed by atoms with Gasteiger partial charge in [-0.05, 0) is 45.2 Å². The normalized spacial score (nSPS) is 11.4. The van der Waals surface area contributed by atoms with Gasteiger partial charge in [0.2, 0.25) is 0 Å². The molecule has 160 valence electrons. The zero-order chi connectivity index (χ0) is 20.1. The maximum absolute atomic E-state index is 11.6. The topological polar surface area (TPSA) is 84.0 Å². The summed E-state index contributed by atoms with van der Waals surface area (Å²) in [5, 5.41) is 9.26. The molecular weight excluding hydrogens is 471 g/mol. The molecule has 7 nitrogen and oxygen atoms in total. The Morgan fingerprint density at radius 2 is 1.71 bits per heavy atom. The fraction of sp³-hybridized carbons (Fsp3) is 0.600. The van der Waals surface area contributed by atoms with Crippen molar-refractivity contribution >= 4 is 36.0 Å². The number of methoxy groups -OCH3 is 1. The standard InChI is InChI=1S/C20H34N4O3.HI/c1-6-21-18(22-12-9-13-23-19(25)27-20(2,3)4)24-14-16-10-7-8-11-17(16)15-26-5;/h7-8,10-11H,6,9,12-15H2,1-5H3,(H,23,25)(H2,21,22,24);1H. The minimum atomic E-state index is -0.480. The first-order chi connectivity index (χ1) is 12.9. The smallest absolute Gasteiger partial charge is 0.407 e. The number of nitrogens with one attached hydrogen (secondary N) is 3. The molecule has 0 aliphatic rings.